The van der Waals surface area contributed by atoms with E-state index in [9.17, 15) is 14.7 Å². The second-order valence-corrected chi connectivity index (χ2v) is 5.88. The largest absolute Gasteiger partial charge is 0.480 e. The molecule has 21 heavy (non-hydrogen) atoms. The zero-order chi connectivity index (χ0) is 15.6. The minimum atomic E-state index is -1.04. The second kappa shape index (κ2) is 6.30. The van der Waals surface area contributed by atoms with Gasteiger partial charge in [0.2, 0.25) is 0 Å². The number of carbonyl (C=O) groups excluding carboxylic acids is 1. The van der Waals surface area contributed by atoms with E-state index < -0.39 is 17.9 Å². The van der Waals surface area contributed by atoms with Crippen molar-refractivity contribution in [2.75, 3.05) is 0 Å². The van der Waals surface area contributed by atoms with Crippen LogP contribution in [0.1, 0.15) is 30.8 Å². The van der Waals surface area contributed by atoms with Crippen LogP contribution >= 0.6 is 15.9 Å². The number of carboxylic acids is 1. The molecule has 2 rings (SSSR count). The first-order chi connectivity index (χ1) is 9.92. The van der Waals surface area contributed by atoms with Crippen molar-refractivity contribution in [3.8, 4) is 0 Å². The number of halogens is 1. The van der Waals surface area contributed by atoms with Crippen molar-refractivity contribution in [1.82, 2.24) is 5.32 Å². The molecule has 2 N–H and O–H groups in total. The number of fused-ring (bicyclic) bond motifs is 1. The fraction of sp³-hybridized carbons (Fsp3) is 0.333. The van der Waals surface area contributed by atoms with Gasteiger partial charge in [0.15, 0.2) is 5.76 Å². The van der Waals surface area contributed by atoms with E-state index in [1.54, 1.807) is 19.1 Å². The highest BCUT2D eigenvalue weighted by atomic mass is 79.9. The Hall–Kier alpha value is -1.82. The summed E-state index contributed by atoms with van der Waals surface area (Å²) in [6, 6.07) is 6.07. The summed E-state index contributed by atoms with van der Waals surface area (Å²) < 4.78 is 6.33. The first-order valence-electron chi connectivity index (χ1n) is 6.65. The van der Waals surface area contributed by atoms with E-state index in [1.807, 2.05) is 19.1 Å². The number of rotatable bonds is 5. The smallest absolute Gasteiger partial charge is 0.326 e. The average molecular weight is 354 g/mol. The Kier molecular flexibility index (Phi) is 4.67. The highest BCUT2D eigenvalue weighted by Crippen LogP contribution is 2.23. The lowest BCUT2D eigenvalue weighted by Gasteiger charge is -2.19. The van der Waals surface area contributed by atoms with E-state index >= 15 is 0 Å². The van der Waals surface area contributed by atoms with Gasteiger partial charge in [-0.15, -0.1) is 0 Å². The highest BCUT2D eigenvalue weighted by molar-refractivity contribution is 9.10. The first-order valence-corrected chi connectivity index (χ1v) is 7.44. The van der Waals surface area contributed by atoms with Gasteiger partial charge in [0.25, 0.3) is 5.91 Å². The van der Waals surface area contributed by atoms with E-state index in [2.05, 4.69) is 21.2 Å². The molecule has 5 nitrogen and oxygen atoms in total. The average Bonchev–Trinajstić information content (AvgIpc) is 2.86. The number of amides is 1. The van der Waals surface area contributed by atoms with Crippen molar-refractivity contribution in [2.24, 2.45) is 5.92 Å². The Balaban J connectivity index is 2.23. The molecule has 0 aliphatic rings. The Morgan fingerprint density at radius 2 is 2.10 bits per heavy atom. The van der Waals surface area contributed by atoms with E-state index in [0.717, 1.165) is 9.86 Å². The molecule has 0 saturated heterocycles. The van der Waals surface area contributed by atoms with Gasteiger partial charge in [0.1, 0.15) is 11.6 Å². The fourth-order valence-electron chi connectivity index (χ4n) is 2.02. The fourth-order valence-corrected chi connectivity index (χ4v) is 2.40. The van der Waals surface area contributed by atoms with Gasteiger partial charge >= 0.3 is 5.97 Å². The van der Waals surface area contributed by atoms with Crippen molar-refractivity contribution in [2.45, 2.75) is 26.3 Å². The summed E-state index contributed by atoms with van der Waals surface area (Å²) in [5.41, 5.74) is 0.582. The number of carboxylic acid groups (broad SMARTS) is 1. The topological polar surface area (TPSA) is 79.5 Å². The third kappa shape index (κ3) is 3.44. The molecular formula is C15H16BrNO4. The number of aliphatic carboxylic acids is 1. The number of nitrogens with one attached hydrogen (secondary N) is 1. The predicted octanol–water partition coefficient (Wildman–Crippen LogP) is 3.42. The van der Waals surface area contributed by atoms with Crippen LogP contribution in [0.5, 0.6) is 0 Å². The molecule has 1 aromatic carbocycles. The van der Waals surface area contributed by atoms with Crippen molar-refractivity contribution in [1.29, 1.82) is 0 Å². The Morgan fingerprint density at radius 1 is 1.38 bits per heavy atom. The zero-order valence-electron chi connectivity index (χ0n) is 11.7. The normalized spacial score (nSPS) is 13.9. The Morgan fingerprint density at radius 3 is 2.71 bits per heavy atom. The minimum Gasteiger partial charge on any atom is -0.480 e. The summed E-state index contributed by atoms with van der Waals surface area (Å²) in [5, 5.41) is 12.5. The first kappa shape index (κ1) is 15.6. The second-order valence-electron chi connectivity index (χ2n) is 4.97. The van der Waals surface area contributed by atoms with Crippen LogP contribution in [0, 0.1) is 5.92 Å². The van der Waals surface area contributed by atoms with Crippen LogP contribution in [0.3, 0.4) is 0 Å². The molecule has 0 fully saturated rings. The molecule has 1 aromatic heterocycles. The van der Waals surface area contributed by atoms with Gasteiger partial charge in [-0.3, -0.25) is 4.79 Å². The number of benzene rings is 1. The van der Waals surface area contributed by atoms with E-state index in [4.69, 9.17) is 4.42 Å². The quantitative estimate of drug-likeness (QED) is 0.862. The maximum absolute atomic E-state index is 12.2. The van der Waals surface area contributed by atoms with Crippen molar-refractivity contribution < 1.29 is 19.1 Å². The monoisotopic (exact) mass is 353 g/mol. The predicted molar refractivity (Wildman–Crippen MR) is 82.3 cm³/mol. The number of furan rings is 1. The Bertz CT molecular complexity index is 679. The van der Waals surface area contributed by atoms with Crippen molar-refractivity contribution in [3.05, 3.63) is 34.5 Å². The van der Waals surface area contributed by atoms with Gasteiger partial charge in [-0.05, 0) is 30.2 Å². The van der Waals surface area contributed by atoms with E-state index in [1.165, 1.54) is 0 Å². The van der Waals surface area contributed by atoms with Crippen molar-refractivity contribution in [3.63, 3.8) is 0 Å². The molecule has 2 atom stereocenters. The van der Waals surface area contributed by atoms with Crippen LogP contribution in [0.2, 0.25) is 0 Å². The van der Waals surface area contributed by atoms with Crippen LogP contribution in [0.25, 0.3) is 11.0 Å². The lowest BCUT2D eigenvalue weighted by atomic mass is 9.99. The maximum atomic E-state index is 12.2. The lowest BCUT2D eigenvalue weighted by Crippen LogP contribution is -2.44. The molecule has 6 heteroatoms. The van der Waals surface area contributed by atoms with Crippen LogP contribution in [-0.4, -0.2) is 23.0 Å². The maximum Gasteiger partial charge on any atom is 0.326 e. The zero-order valence-corrected chi connectivity index (χ0v) is 13.3. The highest BCUT2D eigenvalue weighted by Gasteiger charge is 2.26. The summed E-state index contributed by atoms with van der Waals surface area (Å²) in [7, 11) is 0. The summed E-state index contributed by atoms with van der Waals surface area (Å²) >= 11 is 3.35. The van der Waals surface area contributed by atoms with Crippen molar-refractivity contribution >= 4 is 38.8 Å². The molecule has 2 unspecified atom stereocenters. The van der Waals surface area contributed by atoms with Crippen LogP contribution in [0.4, 0.5) is 0 Å². The lowest BCUT2D eigenvalue weighted by molar-refractivity contribution is -0.140. The van der Waals surface area contributed by atoms with E-state index in [-0.39, 0.29) is 11.7 Å². The van der Waals surface area contributed by atoms with Gasteiger partial charge in [-0.2, -0.15) is 0 Å². The van der Waals surface area contributed by atoms with Crippen LogP contribution < -0.4 is 5.32 Å². The van der Waals surface area contributed by atoms with Gasteiger partial charge in [-0.1, -0.05) is 36.2 Å². The van der Waals surface area contributed by atoms with Gasteiger partial charge < -0.3 is 14.8 Å². The molecule has 1 heterocycles. The molecule has 0 spiro atoms. The summed E-state index contributed by atoms with van der Waals surface area (Å²) in [4.78, 5) is 23.4. The molecule has 112 valence electrons. The molecule has 0 saturated carbocycles. The van der Waals surface area contributed by atoms with Crippen LogP contribution in [0.15, 0.2) is 33.2 Å². The number of hydrogen-bond donors (Lipinski definition) is 2. The van der Waals surface area contributed by atoms with Gasteiger partial charge in [-0.25, -0.2) is 4.79 Å². The molecule has 2 aromatic rings. The number of hydrogen-bond acceptors (Lipinski definition) is 3. The summed E-state index contributed by atoms with van der Waals surface area (Å²) in [6.45, 7) is 3.67. The third-order valence-corrected chi connectivity index (χ3v) is 3.96. The minimum absolute atomic E-state index is 0.109. The molecule has 0 aliphatic heterocycles. The van der Waals surface area contributed by atoms with E-state index in [0.29, 0.717) is 12.0 Å². The molecule has 0 aliphatic carbocycles. The Labute approximate surface area is 130 Å². The SMILES string of the molecule is CCC(C)C(NC(=O)c1cc2cc(Br)ccc2o1)C(=O)O. The summed E-state index contributed by atoms with van der Waals surface area (Å²) in [5.74, 6) is -1.62. The molecule has 1 amide bonds. The van der Waals surface area contributed by atoms with Gasteiger partial charge in [0, 0.05) is 9.86 Å². The molecular weight excluding hydrogens is 338 g/mol. The van der Waals surface area contributed by atoms with Gasteiger partial charge in [0.05, 0.1) is 0 Å². The molecule has 0 radical (unpaired) electrons. The standard InChI is InChI=1S/C15H16BrNO4/c1-3-8(2)13(15(19)20)17-14(18)12-7-9-6-10(16)4-5-11(9)21-12/h4-8,13H,3H2,1-2H3,(H,17,18)(H,19,20). The summed E-state index contributed by atoms with van der Waals surface area (Å²) in [6.07, 6.45) is 0.657. The number of carbonyl (C=O) groups is 2. The molecule has 0 bridgehead atoms. The third-order valence-electron chi connectivity index (χ3n) is 3.47. The van der Waals surface area contributed by atoms with Crippen LogP contribution in [-0.2, 0) is 4.79 Å².